The molecule has 0 aliphatic heterocycles. The summed E-state index contributed by atoms with van der Waals surface area (Å²) in [6.07, 6.45) is -0.113. The summed E-state index contributed by atoms with van der Waals surface area (Å²) >= 11 is 0. The van der Waals surface area contributed by atoms with Crippen LogP contribution in [0.4, 0.5) is 0 Å². The molecule has 0 aromatic heterocycles. The van der Waals surface area contributed by atoms with E-state index < -0.39 is 11.9 Å². The quantitative estimate of drug-likeness (QED) is 0.857. The van der Waals surface area contributed by atoms with Gasteiger partial charge in [0, 0.05) is 13.1 Å². The second-order valence-corrected chi connectivity index (χ2v) is 4.58. The molecule has 1 amide bonds. The number of hydrogen-bond acceptors (Lipinski definition) is 4. The van der Waals surface area contributed by atoms with Crippen LogP contribution in [0.1, 0.15) is 24.2 Å². The van der Waals surface area contributed by atoms with Gasteiger partial charge in [0.25, 0.3) is 5.91 Å². The molecule has 0 aliphatic carbocycles. The number of rotatable bonds is 6. The monoisotopic (exact) mass is 281 g/mol. The summed E-state index contributed by atoms with van der Waals surface area (Å²) in [4.78, 5) is 24.0. The van der Waals surface area contributed by atoms with Crippen LogP contribution in [0.2, 0.25) is 0 Å². The fourth-order valence-electron chi connectivity index (χ4n) is 1.64. The number of carbonyl (C=O) groups is 2. The van der Waals surface area contributed by atoms with Crippen LogP contribution >= 0.6 is 0 Å². The van der Waals surface area contributed by atoms with Crippen molar-refractivity contribution >= 4 is 11.9 Å². The van der Waals surface area contributed by atoms with E-state index in [1.54, 1.807) is 18.2 Å². The van der Waals surface area contributed by atoms with Crippen molar-refractivity contribution in [3.63, 3.8) is 0 Å². The molecule has 0 radical (unpaired) electrons. The molecule has 0 aliphatic rings. The lowest BCUT2D eigenvalue weighted by Gasteiger charge is -2.19. The average Bonchev–Trinajstić information content (AvgIpc) is 2.36. The number of ether oxygens (including phenoxy) is 2. The molecule has 1 aromatic rings. The topological polar surface area (TPSA) is 76.1 Å². The van der Waals surface area contributed by atoms with Crippen molar-refractivity contribution in [2.45, 2.75) is 20.0 Å². The Morgan fingerprint density at radius 1 is 1.35 bits per heavy atom. The number of nitrogens with zero attached hydrogens (tertiary/aromatic N) is 1. The van der Waals surface area contributed by atoms with E-state index in [2.05, 4.69) is 0 Å². The number of carboxylic acids is 1. The summed E-state index contributed by atoms with van der Waals surface area (Å²) in [6.45, 7) is 3.31. The minimum Gasteiger partial charge on any atom is -0.497 e. The number of hydrogen-bond donors (Lipinski definition) is 1. The van der Waals surface area contributed by atoms with Gasteiger partial charge in [0.1, 0.15) is 18.0 Å². The number of aliphatic carboxylic acids is 1. The molecule has 0 bridgehead atoms. The zero-order valence-corrected chi connectivity index (χ0v) is 12.0. The molecule has 110 valence electrons. The van der Waals surface area contributed by atoms with Crippen molar-refractivity contribution in [2.75, 3.05) is 20.7 Å². The zero-order valence-electron chi connectivity index (χ0n) is 12.0. The molecule has 0 heterocycles. The van der Waals surface area contributed by atoms with Gasteiger partial charge in [-0.05, 0) is 26.0 Å². The molecule has 20 heavy (non-hydrogen) atoms. The average molecular weight is 281 g/mol. The maximum Gasteiger partial charge on any atom is 0.323 e. The van der Waals surface area contributed by atoms with E-state index in [0.29, 0.717) is 17.1 Å². The van der Waals surface area contributed by atoms with Crippen LogP contribution in [-0.2, 0) is 4.79 Å². The number of amides is 1. The van der Waals surface area contributed by atoms with Crippen LogP contribution in [0, 0.1) is 0 Å². The van der Waals surface area contributed by atoms with Crippen molar-refractivity contribution in [3.8, 4) is 11.5 Å². The van der Waals surface area contributed by atoms with Gasteiger partial charge >= 0.3 is 5.97 Å². The van der Waals surface area contributed by atoms with E-state index in [9.17, 15) is 9.59 Å². The van der Waals surface area contributed by atoms with Gasteiger partial charge in [0.05, 0.1) is 18.8 Å². The number of carboxylic acid groups (broad SMARTS) is 1. The third kappa shape index (κ3) is 4.15. The van der Waals surface area contributed by atoms with Crippen molar-refractivity contribution in [3.05, 3.63) is 23.8 Å². The molecule has 1 rings (SSSR count). The van der Waals surface area contributed by atoms with E-state index in [4.69, 9.17) is 14.6 Å². The smallest absolute Gasteiger partial charge is 0.323 e. The first kappa shape index (κ1) is 15.8. The van der Waals surface area contributed by atoms with Gasteiger partial charge in [-0.2, -0.15) is 0 Å². The second kappa shape index (κ2) is 6.79. The minimum absolute atomic E-state index is 0.113. The first-order chi connectivity index (χ1) is 9.35. The lowest BCUT2D eigenvalue weighted by atomic mass is 10.1. The number of carbonyl (C=O) groups excluding carboxylic acids is 1. The first-order valence-electron chi connectivity index (χ1n) is 6.17. The van der Waals surface area contributed by atoms with Gasteiger partial charge in [-0.15, -0.1) is 0 Å². The zero-order chi connectivity index (χ0) is 15.3. The van der Waals surface area contributed by atoms with Gasteiger partial charge in [0.15, 0.2) is 0 Å². The molecule has 0 atom stereocenters. The lowest BCUT2D eigenvalue weighted by molar-refractivity contribution is -0.137. The highest BCUT2D eigenvalue weighted by Gasteiger charge is 2.20. The number of benzene rings is 1. The molecular weight excluding hydrogens is 262 g/mol. The van der Waals surface area contributed by atoms with Crippen LogP contribution < -0.4 is 9.47 Å². The molecule has 1 aromatic carbocycles. The Morgan fingerprint density at radius 2 is 2.00 bits per heavy atom. The summed E-state index contributed by atoms with van der Waals surface area (Å²) in [5.41, 5.74) is 0.309. The number of methoxy groups -OCH3 is 1. The molecule has 0 saturated carbocycles. The van der Waals surface area contributed by atoms with Crippen molar-refractivity contribution in [1.29, 1.82) is 0 Å². The summed E-state index contributed by atoms with van der Waals surface area (Å²) in [6, 6.07) is 4.81. The first-order valence-corrected chi connectivity index (χ1v) is 6.17. The Kier molecular flexibility index (Phi) is 5.37. The second-order valence-electron chi connectivity index (χ2n) is 4.58. The summed E-state index contributed by atoms with van der Waals surface area (Å²) in [5.74, 6) is -0.536. The Morgan fingerprint density at radius 3 is 2.50 bits per heavy atom. The Hall–Kier alpha value is -2.24. The van der Waals surface area contributed by atoms with Crippen molar-refractivity contribution in [1.82, 2.24) is 4.90 Å². The van der Waals surface area contributed by atoms with E-state index in [0.717, 1.165) is 4.90 Å². The molecule has 0 spiro atoms. The van der Waals surface area contributed by atoms with Crippen LogP contribution in [0.15, 0.2) is 18.2 Å². The highest BCUT2D eigenvalue weighted by molar-refractivity contribution is 5.98. The normalized spacial score (nSPS) is 10.2. The summed E-state index contributed by atoms with van der Waals surface area (Å²) in [5, 5.41) is 8.73. The van der Waals surface area contributed by atoms with E-state index in [1.165, 1.54) is 14.2 Å². The third-order valence-electron chi connectivity index (χ3n) is 2.50. The maximum atomic E-state index is 12.2. The number of likely N-dealkylation sites (N-methyl/N-ethyl adjacent to an activating group) is 1. The van der Waals surface area contributed by atoms with E-state index in [1.807, 2.05) is 13.8 Å². The minimum atomic E-state index is -1.07. The predicted octanol–water partition coefficient (Wildman–Crippen LogP) is 1.64. The molecule has 1 N–H and O–H groups in total. The molecule has 6 nitrogen and oxygen atoms in total. The highest BCUT2D eigenvalue weighted by atomic mass is 16.5. The molecule has 0 saturated heterocycles. The van der Waals surface area contributed by atoms with Crippen LogP contribution in [0.5, 0.6) is 11.5 Å². The molecule has 6 heteroatoms. The predicted molar refractivity (Wildman–Crippen MR) is 73.4 cm³/mol. The Labute approximate surface area is 117 Å². The van der Waals surface area contributed by atoms with Crippen molar-refractivity contribution < 1.29 is 24.2 Å². The Balaban J connectivity index is 3.08. The van der Waals surface area contributed by atoms with Crippen LogP contribution in [-0.4, -0.2) is 48.7 Å². The van der Waals surface area contributed by atoms with Crippen LogP contribution in [0.3, 0.4) is 0 Å². The summed E-state index contributed by atoms with van der Waals surface area (Å²) in [7, 11) is 2.95. The van der Waals surface area contributed by atoms with Crippen LogP contribution in [0.25, 0.3) is 0 Å². The fourth-order valence-corrected chi connectivity index (χ4v) is 1.64. The summed E-state index contributed by atoms with van der Waals surface area (Å²) < 4.78 is 10.7. The van der Waals surface area contributed by atoms with Gasteiger partial charge in [-0.25, -0.2) is 0 Å². The third-order valence-corrected chi connectivity index (χ3v) is 2.50. The fraction of sp³-hybridized carbons (Fsp3) is 0.429. The van der Waals surface area contributed by atoms with Gasteiger partial charge in [-0.1, -0.05) is 0 Å². The molecule has 0 fully saturated rings. The van der Waals surface area contributed by atoms with Gasteiger partial charge in [0.2, 0.25) is 0 Å². The van der Waals surface area contributed by atoms with Gasteiger partial charge in [-0.3, -0.25) is 9.59 Å². The largest absolute Gasteiger partial charge is 0.497 e. The highest BCUT2D eigenvalue weighted by Crippen LogP contribution is 2.26. The van der Waals surface area contributed by atoms with Gasteiger partial charge < -0.3 is 19.5 Å². The van der Waals surface area contributed by atoms with E-state index >= 15 is 0 Å². The molecular formula is C14H19NO5. The SMILES string of the molecule is COc1ccc(C(=O)N(C)CC(=O)O)c(OC(C)C)c1. The van der Waals surface area contributed by atoms with E-state index in [-0.39, 0.29) is 12.6 Å². The standard InChI is InChI=1S/C14H19NO5/c1-9(2)20-12-7-10(19-4)5-6-11(12)14(18)15(3)8-13(16)17/h5-7,9H,8H2,1-4H3,(H,16,17). The lowest BCUT2D eigenvalue weighted by Crippen LogP contribution is -2.32. The van der Waals surface area contributed by atoms with Crippen molar-refractivity contribution in [2.24, 2.45) is 0 Å². The Bertz CT molecular complexity index is 498. The maximum absolute atomic E-state index is 12.2. The molecule has 0 unspecified atom stereocenters.